The van der Waals surface area contributed by atoms with Gasteiger partial charge in [-0.05, 0) is 36.3 Å². The highest BCUT2D eigenvalue weighted by atomic mass is 127. The molecule has 2 aliphatic rings. The standard InChI is InChI=1S/C17H26N4.HI/c1-18-17(20-12-14-6-7-14)19-9-11-21-10-8-15-4-2-3-5-16(15)13-21;/h2-5,14H,6-13H2,1H3,(H2,18,19,20);1H. The third-order valence-corrected chi connectivity index (χ3v) is 4.41. The Kier molecular flexibility index (Phi) is 6.95. The number of aliphatic imine (C=N–C) groups is 1. The summed E-state index contributed by atoms with van der Waals surface area (Å²) in [6, 6.07) is 8.80. The van der Waals surface area contributed by atoms with Gasteiger partial charge in [0.2, 0.25) is 0 Å². The van der Waals surface area contributed by atoms with Crippen LogP contribution in [0.3, 0.4) is 0 Å². The Balaban J connectivity index is 0.00000176. The van der Waals surface area contributed by atoms with Gasteiger partial charge in [-0.2, -0.15) is 0 Å². The molecule has 0 bridgehead atoms. The summed E-state index contributed by atoms with van der Waals surface area (Å²) in [7, 11) is 1.85. The Morgan fingerprint density at radius 2 is 2.00 bits per heavy atom. The SMILES string of the molecule is CN=C(NCCN1CCc2ccccc2C1)NCC1CC1.I. The molecule has 0 radical (unpaired) electrons. The zero-order valence-electron chi connectivity index (χ0n) is 13.3. The van der Waals surface area contributed by atoms with Crippen LogP contribution in [0.2, 0.25) is 0 Å². The smallest absolute Gasteiger partial charge is 0.191 e. The second kappa shape index (κ2) is 8.72. The number of nitrogens with one attached hydrogen (secondary N) is 2. The average molecular weight is 414 g/mol. The van der Waals surface area contributed by atoms with Crippen molar-refractivity contribution in [3.63, 3.8) is 0 Å². The summed E-state index contributed by atoms with van der Waals surface area (Å²) in [5, 5.41) is 6.83. The Bertz CT molecular complexity index is 499. The molecule has 1 heterocycles. The maximum absolute atomic E-state index is 4.28. The van der Waals surface area contributed by atoms with Crippen molar-refractivity contribution in [2.24, 2.45) is 10.9 Å². The van der Waals surface area contributed by atoms with Crippen LogP contribution in [-0.4, -0.2) is 44.1 Å². The van der Waals surface area contributed by atoms with Crippen molar-refractivity contribution >= 4 is 29.9 Å². The van der Waals surface area contributed by atoms with Crippen LogP contribution in [0.1, 0.15) is 24.0 Å². The lowest BCUT2D eigenvalue weighted by Gasteiger charge is -2.28. The van der Waals surface area contributed by atoms with E-state index in [2.05, 4.69) is 44.8 Å². The minimum Gasteiger partial charge on any atom is -0.356 e. The molecule has 0 aromatic heterocycles. The van der Waals surface area contributed by atoms with E-state index < -0.39 is 0 Å². The quantitative estimate of drug-likeness (QED) is 0.441. The highest BCUT2D eigenvalue weighted by molar-refractivity contribution is 14.0. The molecule has 0 atom stereocenters. The molecule has 1 fully saturated rings. The summed E-state index contributed by atoms with van der Waals surface area (Å²) in [5.74, 6) is 1.82. The number of rotatable bonds is 5. The van der Waals surface area contributed by atoms with Gasteiger partial charge >= 0.3 is 0 Å². The first-order chi connectivity index (χ1) is 10.3. The molecule has 0 saturated heterocycles. The summed E-state index contributed by atoms with van der Waals surface area (Å²) in [6.07, 6.45) is 3.92. The second-order valence-electron chi connectivity index (χ2n) is 6.12. The van der Waals surface area contributed by atoms with E-state index in [1.807, 2.05) is 7.05 Å². The van der Waals surface area contributed by atoms with E-state index in [1.54, 1.807) is 0 Å². The van der Waals surface area contributed by atoms with Crippen LogP contribution >= 0.6 is 24.0 Å². The van der Waals surface area contributed by atoms with Crippen molar-refractivity contribution in [1.29, 1.82) is 0 Å². The zero-order chi connectivity index (χ0) is 14.5. The van der Waals surface area contributed by atoms with Gasteiger partial charge in [0.15, 0.2) is 5.96 Å². The van der Waals surface area contributed by atoms with Gasteiger partial charge < -0.3 is 10.6 Å². The van der Waals surface area contributed by atoms with Crippen molar-refractivity contribution in [1.82, 2.24) is 15.5 Å². The van der Waals surface area contributed by atoms with E-state index >= 15 is 0 Å². The monoisotopic (exact) mass is 414 g/mol. The molecule has 5 heteroatoms. The molecule has 1 aliphatic heterocycles. The van der Waals surface area contributed by atoms with Gasteiger partial charge in [0.25, 0.3) is 0 Å². The van der Waals surface area contributed by atoms with Crippen molar-refractivity contribution < 1.29 is 0 Å². The number of nitrogens with zero attached hydrogens (tertiary/aromatic N) is 2. The first-order valence-corrected chi connectivity index (χ1v) is 8.09. The van der Waals surface area contributed by atoms with E-state index in [-0.39, 0.29) is 24.0 Å². The highest BCUT2D eigenvalue weighted by Gasteiger charge is 2.21. The Morgan fingerprint density at radius 1 is 1.23 bits per heavy atom. The van der Waals surface area contributed by atoms with E-state index in [4.69, 9.17) is 0 Å². The van der Waals surface area contributed by atoms with Gasteiger partial charge in [0.05, 0.1) is 0 Å². The van der Waals surface area contributed by atoms with Crippen LogP contribution in [0.25, 0.3) is 0 Å². The van der Waals surface area contributed by atoms with E-state index in [0.29, 0.717) is 0 Å². The van der Waals surface area contributed by atoms with Crippen LogP contribution < -0.4 is 10.6 Å². The van der Waals surface area contributed by atoms with E-state index in [9.17, 15) is 0 Å². The number of hydrogen-bond donors (Lipinski definition) is 2. The summed E-state index contributed by atoms with van der Waals surface area (Å²) >= 11 is 0. The van der Waals surface area contributed by atoms with Crippen LogP contribution in [0.5, 0.6) is 0 Å². The first kappa shape index (κ1) is 17.5. The maximum atomic E-state index is 4.28. The molecule has 1 aliphatic carbocycles. The number of halogens is 1. The summed E-state index contributed by atoms with van der Waals surface area (Å²) < 4.78 is 0. The minimum absolute atomic E-state index is 0. The van der Waals surface area contributed by atoms with Gasteiger partial charge in [-0.15, -0.1) is 24.0 Å². The predicted molar refractivity (Wildman–Crippen MR) is 103 cm³/mol. The summed E-state index contributed by atoms with van der Waals surface area (Å²) in [5.41, 5.74) is 3.00. The molecule has 1 aromatic carbocycles. The van der Waals surface area contributed by atoms with Crippen LogP contribution in [0, 0.1) is 5.92 Å². The lowest BCUT2D eigenvalue weighted by Crippen LogP contribution is -2.43. The molecule has 3 rings (SSSR count). The van der Waals surface area contributed by atoms with E-state index in [1.165, 1.54) is 30.4 Å². The van der Waals surface area contributed by atoms with Crippen molar-refractivity contribution in [2.45, 2.75) is 25.8 Å². The predicted octanol–water partition coefficient (Wildman–Crippen LogP) is 2.24. The van der Waals surface area contributed by atoms with Gasteiger partial charge in [-0.3, -0.25) is 9.89 Å². The number of guanidine groups is 1. The van der Waals surface area contributed by atoms with Gasteiger partial charge in [-0.1, -0.05) is 24.3 Å². The normalized spacial score (nSPS) is 18.3. The second-order valence-corrected chi connectivity index (χ2v) is 6.12. The van der Waals surface area contributed by atoms with Crippen molar-refractivity contribution in [2.75, 3.05) is 33.2 Å². The van der Waals surface area contributed by atoms with Gasteiger partial charge in [0.1, 0.15) is 0 Å². The van der Waals surface area contributed by atoms with Crippen molar-refractivity contribution in [3.05, 3.63) is 35.4 Å². The lowest BCUT2D eigenvalue weighted by atomic mass is 10.00. The number of fused-ring (bicyclic) bond motifs is 1. The molecule has 0 amide bonds. The molecular weight excluding hydrogens is 387 g/mol. The molecule has 1 aromatic rings. The number of hydrogen-bond acceptors (Lipinski definition) is 2. The lowest BCUT2D eigenvalue weighted by molar-refractivity contribution is 0.258. The highest BCUT2D eigenvalue weighted by Crippen LogP contribution is 2.27. The average Bonchev–Trinajstić information content (AvgIpc) is 3.35. The van der Waals surface area contributed by atoms with Crippen LogP contribution in [0.4, 0.5) is 0 Å². The Labute approximate surface area is 150 Å². The van der Waals surface area contributed by atoms with Gasteiger partial charge in [0, 0.05) is 39.8 Å². The third-order valence-electron chi connectivity index (χ3n) is 4.41. The largest absolute Gasteiger partial charge is 0.356 e. The fourth-order valence-corrected chi connectivity index (χ4v) is 2.86. The molecular formula is C17H27IN4. The zero-order valence-corrected chi connectivity index (χ0v) is 15.7. The molecule has 2 N–H and O–H groups in total. The Morgan fingerprint density at radius 3 is 2.73 bits per heavy atom. The third kappa shape index (κ3) is 5.12. The topological polar surface area (TPSA) is 39.7 Å². The first-order valence-electron chi connectivity index (χ1n) is 8.09. The van der Waals surface area contributed by atoms with Crippen LogP contribution in [-0.2, 0) is 13.0 Å². The van der Waals surface area contributed by atoms with Gasteiger partial charge in [-0.25, -0.2) is 0 Å². The fourth-order valence-electron chi connectivity index (χ4n) is 2.86. The summed E-state index contributed by atoms with van der Waals surface area (Å²) in [6.45, 7) is 5.32. The Hall–Kier alpha value is -0.820. The molecule has 4 nitrogen and oxygen atoms in total. The molecule has 122 valence electrons. The van der Waals surface area contributed by atoms with E-state index in [0.717, 1.165) is 44.6 Å². The molecule has 0 unspecified atom stereocenters. The van der Waals surface area contributed by atoms with Crippen LogP contribution in [0.15, 0.2) is 29.3 Å². The molecule has 1 saturated carbocycles. The molecule has 0 spiro atoms. The summed E-state index contributed by atoms with van der Waals surface area (Å²) in [4.78, 5) is 6.80. The molecule has 22 heavy (non-hydrogen) atoms. The minimum atomic E-state index is 0. The number of benzene rings is 1. The van der Waals surface area contributed by atoms with Crippen molar-refractivity contribution in [3.8, 4) is 0 Å². The maximum Gasteiger partial charge on any atom is 0.191 e. The fraction of sp³-hybridized carbons (Fsp3) is 0.588.